The van der Waals surface area contributed by atoms with Gasteiger partial charge in [-0.25, -0.2) is 9.18 Å². The first kappa shape index (κ1) is 22.3. The van der Waals surface area contributed by atoms with Gasteiger partial charge in [0.25, 0.3) is 0 Å². The van der Waals surface area contributed by atoms with Crippen LogP contribution in [0.4, 0.5) is 9.18 Å². The van der Waals surface area contributed by atoms with Gasteiger partial charge in [0.1, 0.15) is 11.9 Å². The quantitative estimate of drug-likeness (QED) is 0.659. The van der Waals surface area contributed by atoms with Crippen molar-refractivity contribution in [2.45, 2.75) is 39.2 Å². The number of amides is 1. The number of ether oxygens (including phenoxy) is 2. The maximum atomic E-state index is 13.2. The molecule has 0 saturated carbocycles. The van der Waals surface area contributed by atoms with Crippen LogP contribution in [0.1, 0.15) is 38.7 Å². The lowest BCUT2D eigenvalue weighted by Crippen LogP contribution is -2.52. The van der Waals surface area contributed by atoms with Crippen LogP contribution >= 0.6 is 0 Å². The van der Waals surface area contributed by atoms with E-state index in [4.69, 9.17) is 9.47 Å². The van der Waals surface area contributed by atoms with E-state index in [1.54, 1.807) is 24.0 Å². The minimum absolute atomic E-state index is 0.135. The van der Waals surface area contributed by atoms with Gasteiger partial charge in [0.05, 0.1) is 13.2 Å². The fraction of sp³-hybridized carbons (Fsp3) is 0.565. The molecule has 1 saturated heterocycles. The van der Waals surface area contributed by atoms with E-state index in [-0.39, 0.29) is 29.8 Å². The first-order chi connectivity index (χ1) is 14.5. The molecule has 1 fully saturated rings. The second-order valence-corrected chi connectivity index (χ2v) is 7.70. The molecule has 2 aliphatic heterocycles. The number of halogens is 1. The van der Waals surface area contributed by atoms with E-state index in [2.05, 4.69) is 11.0 Å². The number of benzene rings is 1. The summed E-state index contributed by atoms with van der Waals surface area (Å²) >= 11 is 0. The molecule has 0 radical (unpaired) electrons. The molecule has 3 rings (SSSR count). The van der Waals surface area contributed by atoms with Gasteiger partial charge in [0, 0.05) is 26.2 Å². The van der Waals surface area contributed by atoms with Crippen molar-refractivity contribution in [1.82, 2.24) is 9.80 Å². The highest BCUT2D eigenvalue weighted by molar-refractivity contribution is 5.77. The number of piperidine rings is 1. The Labute approximate surface area is 177 Å². The Kier molecular flexibility index (Phi) is 7.85. The van der Waals surface area contributed by atoms with Gasteiger partial charge in [0.15, 0.2) is 0 Å². The molecule has 30 heavy (non-hydrogen) atoms. The molecule has 0 aliphatic carbocycles. The Balaban J connectivity index is 1.67. The van der Waals surface area contributed by atoms with Gasteiger partial charge < -0.3 is 14.4 Å². The molecule has 2 aliphatic rings. The standard InChI is InChI=1S/C23H31FN2O4/c1-3-29-22(27)21(19-11-15-26(16-12-19)23(28)30-4-2)25-13-9-18(10-14-25)17-5-7-20(24)8-6-17/h5-9,19,21H,3-4,10-16H2,1-2H3. The molecule has 0 spiro atoms. The maximum absolute atomic E-state index is 13.2. The molecule has 164 valence electrons. The number of likely N-dealkylation sites (tertiary alicyclic amines) is 1. The van der Waals surface area contributed by atoms with Crippen LogP contribution in [0.25, 0.3) is 5.57 Å². The number of nitrogens with zero attached hydrogens (tertiary/aromatic N) is 2. The van der Waals surface area contributed by atoms with Gasteiger partial charge in [-0.15, -0.1) is 0 Å². The number of rotatable bonds is 6. The summed E-state index contributed by atoms with van der Waals surface area (Å²) in [6.07, 6.45) is 4.12. The van der Waals surface area contributed by atoms with Gasteiger partial charge >= 0.3 is 12.1 Å². The fourth-order valence-electron chi connectivity index (χ4n) is 4.34. The molecule has 1 unspecified atom stereocenters. The molecule has 0 aromatic heterocycles. The SMILES string of the molecule is CCOC(=O)C(C1CCN(C(=O)OCC)CC1)N1CC=C(c2ccc(F)cc2)CC1. The van der Waals surface area contributed by atoms with Gasteiger partial charge in [-0.05, 0) is 62.3 Å². The Hall–Kier alpha value is -2.41. The number of hydrogen-bond acceptors (Lipinski definition) is 5. The first-order valence-electron chi connectivity index (χ1n) is 10.8. The predicted octanol–water partition coefficient (Wildman–Crippen LogP) is 3.72. The van der Waals surface area contributed by atoms with Crippen LogP contribution in [0.2, 0.25) is 0 Å². The lowest BCUT2D eigenvalue weighted by molar-refractivity contribution is -0.152. The molecule has 2 heterocycles. The maximum Gasteiger partial charge on any atom is 0.409 e. The van der Waals surface area contributed by atoms with Gasteiger partial charge in [0.2, 0.25) is 0 Å². The van der Waals surface area contributed by atoms with Crippen LogP contribution in [0.15, 0.2) is 30.3 Å². The summed E-state index contributed by atoms with van der Waals surface area (Å²) in [6.45, 7) is 6.89. The van der Waals surface area contributed by atoms with Crippen LogP contribution in [0, 0.1) is 11.7 Å². The van der Waals surface area contributed by atoms with E-state index < -0.39 is 0 Å². The van der Waals surface area contributed by atoms with Crippen molar-refractivity contribution in [3.63, 3.8) is 0 Å². The van der Waals surface area contributed by atoms with Gasteiger partial charge in [-0.2, -0.15) is 0 Å². The highest BCUT2D eigenvalue weighted by Gasteiger charge is 2.38. The van der Waals surface area contributed by atoms with E-state index >= 15 is 0 Å². The minimum Gasteiger partial charge on any atom is -0.465 e. The molecule has 0 N–H and O–H groups in total. The van der Waals surface area contributed by atoms with E-state index in [0.29, 0.717) is 32.8 Å². The largest absolute Gasteiger partial charge is 0.465 e. The molecule has 1 aromatic rings. The molecule has 7 heteroatoms. The molecule has 1 aromatic carbocycles. The fourth-order valence-corrected chi connectivity index (χ4v) is 4.34. The lowest BCUT2D eigenvalue weighted by Gasteiger charge is -2.40. The van der Waals surface area contributed by atoms with E-state index in [9.17, 15) is 14.0 Å². The molecule has 1 atom stereocenters. The van der Waals surface area contributed by atoms with Crippen LogP contribution in [-0.4, -0.2) is 67.3 Å². The zero-order chi connectivity index (χ0) is 21.5. The first-order valence-corrected chi connectivity index (χ1v) is 10.8. The zero-order valence-corrected chi connectivity index (χ0v) is 17.8. The van der Waals surface area contributed by atoms with Crippen molar-refractivity contribution in [2.24, 2.45) is 5.92 Å². The molecule has 1 amide bonds. The van der Waals surface area contributed by atoms with Gasteiger partial charge in [-0.3, -0.25) is 9.69 Å². The second kappa shape index (κ2) is 10.6. The van der Waals surface area contributed by atoms with Crippen LogP contribution in [0.3, 0.4) is 0 Å². The number of esters is 1. The number of hydrogen-bond donors (Lipinski definition) is 0. The lowest BCUT2D eigenvalue weighted by atomic mass is 9.87. The van der Waals surface area contributed by atoms with Crippen molar-refractivity contribution in [1.29, 1.82) is 0 Å². The third-order valence-corrected chi connectivity index (χ3v) is 5.89. The monoisotopic (exact) mass is 418 g/mol. The van der Waals surface area contributed by atoms with Crippen LogP contribution in [-0.2, 0) is 14.3 Å². The van der Waals surface area contributed by atoms with E-state index in [1.165, 1.54) is 17.7 Å². The van der Waals surface area contributed by atoms with Crippen molar-refractivity contribution < 1.29 is 23.5 Å². The van der Waals surface area contributed by atoms with Gasteiger partial charge in [-0.1, -0.05) is 18.2 Å². The molecule has 0 bridgehead atoms. The van der Waals surface area contributed by atoms with Crippen LogP contribution in [0.5, 0.6) is 0 Å². The summed E-state index contributed by atoms with van der Waals surface area (Å²) in [5.41, 5.74) is 2.19. The summed E-state index contributed by atoms with van der Waals surface area (Å²) in [6, 6.07) is 6.22. The highest BCUT2D eigenvalue weighted by atomic mass is 19.1. The zero-order valence-electron chi connectivity index (χ0n) is 17.8. The third-order valence-electron chi connectivity index (χ3n) is 5.89. The Morgan fingerprint density at radius 1 is 1.07 bits per heavy atom. The topological polar surface area (TPSA) is 59.1 Å². The predicted molar refractivity (Wildman–Crippen MR) is 112 cm³/mol. The third kappa shape index (κ3) is 5.39. The minimum atomic E-state index is -0.319. The average molecular weight is 419 g/mol. The second-order valence-electron chi connectivity index (χ2n) is 7.70. The summed E-state index contributed by atoms with van der Waals surface area (Å²) < 4.78 is 23.7. The highest BCUT2D eigenvalue weighted by Crippen LogP contribution is 2.30. The van der Waals surface area contributed by atoms with Crippen LogP contribution < -0.4 is 0 Å². The average Bonchev–Trinajstić information content (AvgIpc) is 2.76. The summed E-state index contributed by atoms with van der Waals surface area (Å²) in [5.74, 6) is -0.297. The van der Waals surface area contributed by atoms with E-state index in [1.807, 2.05) is 6.92 Å². The summed E-state index contributed by atoms with van der Waals surface area (Å²) in [4.78, 5) is 28.7. The Morgan fingerprint density at radius 3 is 2.30 bits per heavy atom. The number of carbonyl (C=O) groups is 2. The number of carbonyl (C=O) groups excluding carboxylic acids is 2. The summed E-state index contributed by atoms with van der Waals surface area (Å²) in [5, 5.41) is 0. The summed E-state index contributed by atoms with van der Waals surface area (Å²) in [7, 11) is 0. The Morgan fingerprint density at radius 2 is 1.73 bits per heavy atom. The molecular weight excluding hydrogens is 387 g/mol. The van der Waals surface area contributed by atoms with E-state index in [0.717, 1.165) is 31.4 Å². The normalized spacial score (nSPS) is 19.2. The van der Waals surface area contributed by atoms with Crippen molar-refractivity contribution in [3.8, 4) is 0 Å². The van der Waals surface area contributed by atoms with Crippen molar-refractivity contribution >= 4 is 17.6 Å². The van der Waals surface area contributed by atoms with Crippen molar-refractivity contribution in [3.05, 3.63) is 41.7 Å². The molecular formula is C23H31FN2O4. The molecule has 6 nitrogen and oxygen atoms in total. The Bertz CT molecular complexity index is 757. The van der Waals surface area contributed by atoms with Crippen molar-refractivity contribution in [2.75, 3.05) is 39.4 Å². The smallest absolute Gasteiger partial charge is 0.409 e.